The first kappa shape index (κ1) is 11.9. The molecule has 1 aromatic rings. The van der Waals surface area contributed by atoms with E-state index in [1.54, 1.807) is 0 Å². The quantitative estimate of drug-likeness (QED) is 0.646. The minimum atomic E-state index is -3.60. The van der Waals surface area contributed by atoms with Crippen LogP contribution in [0.15, 0.2) is 23.1 Å². The fourth-order valence-electron chi connectivity index (χ4n) is 1.43. The Morgan fingerprint density at radius 1 is 1.35 bits per heavy atom. The molecule has 1 aliphatic rings. The minimum Gasteiger partial charge on any atom is -0.398 e. The van der Waals surface area contributed by atoms with Crippen LogP contribution < -0.4 is 16.2 Å². The van der Waals surface area contributed by atoms with Gasteiger partial charge in [0.2, 0.25) is 15.9 Å². The summed E-state index contributed by atoms with van der Waals surface area (Å²) in [6.45, 7) is 0. The number of nitrogens with two attached hydrogens (primary N) is 2. The summed E-state index contributed by atoms with van der Waals surface area (Å²) in [6, 6.07) is 3.92. The first-order valence-electron chi connectivity index (χ1n) is 5.12. The Morgan fingerprint density at radius 2 is 2.00 bits per heavy atom. The number of nitrogens with one attached hydrogen (secondary N) is 1. The monoisotopic (exact) mass is 255 g/mol. The fraction of sp³-hybridized carbons (Fsp3) is 0.300. The van der Waals surface area contributed by atoms with Gasteiger partial charge >= 0.3 is 0 Å². The Bertz CT molecular complexity index is 564. The highest BCUT2D eigenvalue weighted by Gasteiger charge is 2.29. The first-order chi connectivity index (χ1) is 7.90. The smallest absolute Gasteiger partial charge is 0.248 e. The van der Waals surface area contributed by atoms with Gasteiger partial charge in [-0.3, -0.25) is 4.79 Å². The van der Waals surface area contributed by atoms with Gasteiger partial charge in [0.05, 0.1) is 5.69 Å². The van der Waals surface area contributed by atoms with E-state index in [9.17, 15) is 13.2 Å². The van der Waals surface area contributed by atoms with Crippen molar-refractivity contribution in [1.82, 2.24) is 4.72 Å². The van der Waals surface area contributed by atoms with Crippen LogP contribution >= 0.6 is 0 Å². The summed E-state index contributed by atoms with van der Waals surface area (Å²) in [5, 5.41) is 0. The van der Waals surface area contributed by atoms with Crippen molar-refractivity contribution >= 4 is 21.6 Å². The van der Waals surface area contributed by atoms with Crippen LogP contribution in [0.5, 0.6) is 0 Å². The third kappa shape index (κ3) is 2.56. The molecule has 7 heteroatoms. The molecule has 5 N–H and O–H groups in total. The largest absolute Gasteiger partial charge is 0.398 e. The van der Waals surface area contributed by atoms with Crippen molar-refractivity contribution in [3.05, 3.63) is 23.8 Å². The maximum atomic E-state index is 11.9. The van der Waals surface area contributed by atoms with Crippen LogP contribution in [0.3, 0.4) is 0 Å². The molecule has 0 heterocycles. The highest BCUT2D eigenvalue weighted by molar-refractivity contribution is 7.89. The standard InChI is InChI=1S/C10H13N3O3S/c11-8-5-6(10(12)14)1-4-9(8)17(15,16)13-7-2-3-7/h1,4-5,7,13H,2-3,11H2,(H2,12,14). The second-order valence-electron chi connectivity index (χ2n) is 4.01. The van der Waals surface area contributed by atoms with Crippen LogP contribution in [0.1, 0.15) is 23.2 Å². The van der Waals surface area contributed by atoms with Crippen molar-refractivity contribution in [3.8, 4) is 0 Å². The lowest BCUT2D eigenvalue weighted by atomic mass is 10.2. The number of benzene rings is 1. The molecule has 0 atom stereocenters. The van der Waals surface area contributed by atoms with Crippen molar-refractivity contribution in [2.45, 2.75) is 23.8 Å². The summed E-state index contributed by atoms with van der Waals surface area (Å²) in [5.41, 5.74) is 10.9. The first-order valence-corrected chi connectivity index (χ1v) is 6.60. The van der Waals surface area contributed by atoms with Gasteiger partial charge in [0.15, 0.2) is 0 Å². The molecule has 92 valence electrons. The minimum absolute atomic E-state index is 0.00946. The summed E-state index contributed by atoms with van der Waals surface area (Å²) in [7, 11) is -3.60. The van der Waals surface area contributed by atoms with E-state index in [0.29, 0.717) is 0 Å². The molecule has 1 saturated carbocycles. The molecular weight excluding hydrogens is 242 g/mol. The topological polar surface area (TPSA) is 115 Å². The van der Waals surface area contributed by atoms with E-state index in [4.69, 9.17) is 11.5 Å². The number of nitrogen functional groups attached to an aromatic ring is 1. The zero-order valence-electron chi connectivity index (χ0n) is 9.01. The molecule has 17 heavy (non-hydrogen) atoms. The molecule has 0 unspecified atom stereocenters. The summed E-state index contributed by atoms with van der Waals surface area (Å²) in [6.07, 6.45) is 1.69. The zero-order chi connectivity index (χ0) is 12.6. The maximum absolute atomic E-state index is 11.9. The normalized spacial score (nSPS) is 15.8. The maximum Gasteiger partial charge on any atom is 0.248 e. The lowest BCUT2D eigenvalue weighted by molar-refractivity contribution is 0.1000. The Kier molecular flexibility index (Phi) is 2.80. The molecule has 0 aromatic heterocycles. The van der Waals surface area contributed by atoms with Crippen molar-refractivity contribution in [3.63, 3.8) is 0 Å². The number of primary amides is 1. The van der Waals surface area contributed by atoms with Gasteiger partial charge in [-0.1, -0.05) is 0 Å². The molecule has 0 spiro atoms. The molecule has 0 radical (unpaired) electrons. The lowest BCUT2D eigenvalue weighted by Crippen LogP contribution is -2.26. The number of amides is 1. The third-order valence-electron chi connectivity index (χ3n) is 2.48. The van der Waals surface area contributed by atoms with Crippen molar-refractivity contribution in [2.24, 2.45) is 5.73 Å². The second-order valence-corrected chi connectivity index (χ2v) is 5.69. The van der Waals surface area contributed by atoms with Gasteiger partial charge < -0.3 is 11.5 Å². The van der Waals surface area contributed by atoms with Gasteiger partial charge in [0.1, 0.15) is 4.90 Å². The number of rotatable bonds is 4. The van der Waals surface area contributed by atoms with Crippen LogP contribution in [0.4, 0.5) is 5.69 Å². The predicted molar refractivity (Wildman–Crippen MR) is 62.7 cm³/mol. The molecule has 1 aliphatic carbocycles. The average Bonchev–Trinajstić information content (AvgIpc) is 3.00. The Hall–Kier alpha value is -1.60. The third-order valence-corrected chi connectivity index (χ3v) is 4.08. The SMILES string of the molecule is NC(=O)c1ccc(S(=O)(=O)NC2CC2)c(N)c1. The van der Waals surface area contributed by atoms with E-state index in [1.165, 1.54) is 18.2 Å². The summed E-state index contributed by atoms with van der Waals surface area (Å²) >= 11 is 0. The molecule has 2 rings (SSSR count). The summed E-state index contributed by atoms with van der Waals surface area (Å²) in [4.78, 5) is 10.9. The summed E-state index contributed by atoms with van der Waals surface area (Å²) in [5.74, 6) is -0.643. The highest BCUT2D eigenvalue weighted by atomic mass is 32.2. The number of hydrogen-bond donors (Lipinski definition) is 3. The molecule has 1 amide bonds. The predicted octanol–water partition coefficient (Wildman–Crippen LogP) is -0.192. The highest BCUT2D eigenvalue weighted by Crippen LogP contribution is 2.25. The van der Waals surface area contributed by atoms with E-state index in [2.05, 4.69) is 4.72 Å². The Morgan fingerprint density at radius 3 is 2.47 bits per heavy atom. The molecule has 0 aliphatic heterocycles. The van der Waals surface area contributed by atoms with E-state index in [0.717, 1.165) is 12.8 Å². The Balaban J connectivity index is 2.35. The van der Waals surface area contributed by atoms with Crippen LogP contribution in [-0.2, 0) is 10.0 Å². The van der Waals surface area contributed by atoms with Crippen molar-refractivity contribution in [2.75, 3.05) is 5.73 Å². The van der Waals surface area contributed by atoms with Gasteiger partial charge in [-0.15, -0.1) is 0 Å². The zero-order valence-corrected chi connectivity index (χ0v) is 9.83. The van der Waals surface area contributed by atoms with Crippen LogP contribution in [0, 0.1) is 0 Å². The lowest BCUT2D eigenvalue weighted by Gasteiger charge is -2.08. The van der Waals surface area contributed by atoms with Gasteiger partial charge in [0, 0.05) is 11.6 Å². The molecule has 0 saturated heterocycles. The number of carbonyl (C=O) groups is 1. The number of anilines is 1. The van der Waals surface area contributed by atoms with Gasteiger partial charge in [0.25, 0.3) is 0 Å². The second kappa shape index (κ2) is 4.01. The molecule has 1 fully saturated rings. The average molecular weight is 255 g/mol. The van der Waals surface area contributed by atoms with Crippen molar-refractivity contribution in [1.29, 1.82) is 0 Å². The van der Waals surface area contributed by atoms with E-state index < -0.39 is 15.9 Å². The van der Waals surface area contributed by atoms with Gasteiger partial charge in [-0.05, 0) is 31.0 Å². The van der Waals surface area contributed by atoms with Crippen LogP contribution in [-0.4, -0.2) is 20.4 Å². The number of hydrogen-bond acceptors (Lipinski definition) is 4. The Labute approximate surface area is 99.0 Å². The number of carbonyl (C=O) groups excluding carboxylic acids is 1. The molecular formula is C10H13N3O3S. The number of sulfonamides is 1. The fourth-order valence-corrected chi connectivity index (χ4v) is 2.85. The van der Waals surface area contributed by atoms with E-state index in [1.807, 2.05) is 0 Å². The van der Waals surface area contributed by atoms with Gasteiger partial charge in [-0.25, -0.2) is 13.1 Å². The molecule has 6 nitrogen and oxygen atoms in total. The van der Waals surface area contributed by atoms with E-state index >= 15 is 0 Å². The molecule has 1 aromatic carbocycles. The summed E-state index contributed by atoms with van der Waals surface area (Å²) < 4.78 is 26.3. The van der Waals surface area contributed by atoms with Crippen LogP contribution in [0.25, 0.3) is 0 Å². The van der Waals surface area contributed by atoms with E-state index in [-0.39, 0.29) is 22.2 Å². The molecule has 0 bridgehead atoms. The van der Waals surface area contributed by atoms with Crippen molar-refractivity contribution < 1.29 is 13.2 Å². The van der Waals surface area contributed by atoms with Gasteiger partial charge in [-0.2, -0.15) is 0 Å². The van der Waals surface area contributed by atoms with Crippen LogP contribution in [0.2, 0.25) is 0 Å².